The molecule has 2 N–H and O–H groups in total. The van der Waals surface area contributed by atoms with Crippen LogP contribution in [0.1, 0.15) is 43.4 Å². The lowest BCUT2D eigenvalue weighted by Gasteiger charge is -2.33. The molecule has 3 aromatic carbocycles. The fourth-order valence-electron chi connectivity index (χ4n) is 5.79. The number of rotatable bonds is 8. The van der Waals surface area contributed by atoms with Gasteiger partial charge < -0.3 is 29.7 Å². The first-order valence-corrected chi connectivity index (χ1v) is 13.5. The Bertz CT molecular complexity index is 1340. The first-order valence-electron chi connectivity index (χ1n) is 13.5. The minimum atomic E-state index is -0.352. The zero-order chi connectivity index (χ0) is 27.5. The number of nitrogens with one attached hydrogen (secondary N) is 2. The Morgan fingerprint density at radius 1 is 0.846 bits per heavy atom. The van der Waals surface area contributed by atoms with Gasteiger partial charge in [0.15, 0.2) is 11.5 Å². The van der Waals surface area contributed by atoms with E-state index < -0.39 is 0 Å². The standard InChI is InChI=1S/C32H37N3O4/c1-6-35(7-2)23-14-12-20(13-15-23)31-30-26(33-24-10-8-9-11-25(24)34-31)16-21(17-27(30)36)22-18-28(37-3)32(39-5)29(19-22)38-4/h8-16,18-19,21,30-31,33-34H,6-7,17H2,1-5H3. The van der Waals surface area contributed by atoms with Gasteiger partial charge in [-0.15, -0.1) is 0 Å². The van der Waals surface area contributed by atoms with E-state index in [4.69, 9.17) is 14.2 Å². The minimum absolute atomic E-state index is 0.138. The summed E-state index contributed by atoms with van der Waals surface area (Å²) >= 11 is 0. The van der Waals surface area contributed by atoms with Crippen molar-refractivity contribution in [3.05, 3.63) is 83.6 Å². The van der Waals surface area contributed by atoms with Crippen molar-refractivity contribution < 1.29 is 19.0 Å². The molecule has 1 aliphatic carbocycles. The summed E-state index contributed by atoms with van der Waals surface area (Å²) in [4.78, 5) is 16.3. The number of Topliss-reactive ketones (excluding diaryl/α,β-unsaturated/α-hetero) is 1. The van der Waals surface area contributed by atoms with Crippen molar-refractivity contribution >= 4 is 22.8 Å². The zero-order valence-electron chi connectivity index (χ0n) is 23.3. The molecule has 1 aliphatic heterocycles. The molecule has 3 unspecified atom stereocenters. The number of carbonyl (C=O) groups is 1. The molecule has 3 atom stereocenters. The zero-order valence-corrected chi connectivity index (χ0v) is 23.3. The molecule has 0 spiro atoms. The van der Waals surface area contributed by atoms with Crippen molar-refractivity contribution in [2.45, 2.75) is 32.2 Å². The van der Waals surface area contributed by atoms with Crippen LogP contribution in [-0.4, -0.2) is 40.2 Å². The molecule has 0 radical (unpaired) electrons. The second-order valence-electron chi connectivity index (χ2n) is 9.89. The van der Waals surface area contributed by atoms with Gasteiger partial charge in [-0.2, -0.15) is 0 Å². The normalized spacial score (nSPS) is 19.9. The Balaban J connectivity index is 1.57. The van der Waals surface area contributed by atoms with E-state index in [1.54, 1.807) is 21.3 Å². The number of carbonyl (C=O) groups excluding carboxylic acids is 1. The summed E-state index contributed by atoms with van der Waals surface area (Å²) in [6.07, 6.45) is 2.56. The fraction of sp³-hybridized carbons (Fsp3) is 0.344. The lowest BCUT2D eigenvalue weighted by atomic mass is 9.76. The highest BCUT2D eigenvalue weighted by Gasteiger charge is 2.40. The second-order valence-corrected chi connectivity index (χ2v) is 9.89. The molecule has 7 heteroatoms. The number of hydrogen-bond acceptors (Lipinski definition) is 7. The van der Waals surface area contributed by atoms with E-state index >= 15 is 0 Å². The van der Waals surface area contributed by atoms with Crippen molar-refractivity contribution in [3.8, 4) is 17.2 Å². The number of methoxy groups -OCH3 is 3. The van der Waals surface area contributed by atoms with Crippen LogP contribution >= 0.6 is 0 Å². The Kier molecular flexibility index (Phi) is 7.68. The SMILES string of the molecule is CCN(CC)c1ccc(C2Nc3ccccc3NC3=CC(c4cc(OC)c(OC)c(OC)c4)CC(=O)C32)cc1. The van der Waals surface area contributed by atoms with E-state index in [1.807, 2.05) is 30.3 Å². The highest BCUT2D eigenvalue weighted by molar-refractivity contribution is 5.90. The first-order chi connectivity index (χ1) is 19.0. The van der Waals surface area contributed by atoms with Crippen LogP contribution in [0, 0.1) is 5.92 Å². The van der Waals surface area contributed by atoms with Crippen LogP contribution in [0.25, 0.3) is 0 Å². The predicted octanol–water partition coefficient (Wildman–Crippen LogP) is 6.39. The molecule has 0 fully saturated rings. The fourth-order valence-corrected chi connectivity index (χ4v) is 5.79. The first kappa shape index (κ1) is 26.5. The predicted molar refractivity (Wildman–Crippen MR) is 156 cm³/mol. The van der Waals surface area contributed by atoms with Crippen LogP contribution < -0.4 is 29.7 Å². The Hall–Kier alpha value is -4.13. The quantitative estimate of drug-likeness (QED) is 0.351. The third kappa shape index (κ3) is 5.01. The molecule has 39 heavy (non-hydrogen) atoms. The van der Waals surface area contributed by atoms with E-state index in [0.29, 0.717) is 23.7 Å². The van der Waals surface area contributed by atoms with Crippen LogP contribution in [0.15, 0.2) is 72.4 Å². The van der Waals surface area contributed by atoms with Crippen molar-refractivity contribution in [1.82, 2.24) is 0 Å². The molecular weight excluding hydrogens is 490 g/mol. The number of allylic oxidation sites excluding steroid dienone is 1. The molecule has 0 aromatic heterocycles. The highest BCUT2D eigenvalue weighted by Crippen LogP contribution is 2.47. The van der Waals surface area contributed by atoms with Gasteiger partial charge in [-0.25, -0.2) is 0 Å². The highest BCUT2D eigenvalue weighted by atomic mass is 16.5. The molecule has 1 heterocycles. The van der Waals surface area contributed by atoms with Gasteiger partial charge in [-0.05, 0) is 61.4 Å². The molecule has 0 amide bonds. The maximum Gasteiger partial charge on any atom is 0.203 e. The molecule has 0 saturated heterocycles. The summed E-state index contributed by atoms with van der Waals surface area (Å²) in [5.41, 5.74) is 6.04. The lowest BCUT2D eigenvalue weighted by molar-refractivity contribution is -0.122. The average Bonchev–Trinajstić information content (AvgIpc) is 3.14. The molecule has 0 saturated carbocycles. The number of ketones is 1. The average molecular weight is 528 g/mol. The number of para-hydroxylation sites is 2. The van der Waals surface area contributed by atoms with Gasteiger partial charge in [-0.1, -0.05) is 30.3 Å². The Morgan fingerprint density at radius 2 is 1.49 bits per heavy atom. The van der Waals surface area contributed by atoms with Gasteiger partial charge in [-0.3, -0.25) is 4.79 Å². The van der Waals surface area contributed by atoms with Crippen LogP contribution in [0.5, 0.6) is 17.2 Å². The number of nitrogens with zero attached hydrogens (tertiary/aromatic N) is 1. The topological polar surface area (TPSA) is 72.1 Å². The van der Waals surface area contributed by atoms with Crippen molar-refractivity contribution in [1.29, 1.82) is 0 Å². The van der Waals surface area contributed by atoms with E-state index in [1.165, 1.54) is 5.69 Å². The molecular formula is C32H37N3O4. The molecule has 204 valence electrons. The molecule has 5 rings (SSSR count). The molecule has 0 bridgehead atoms. The molecule has 3 aromatic rings. The number of ether oxygens (including phenoxy) is 3. The summed E-state index contributed by atoms with van der Waals surface area (Å²) in [6, 6.07) is 20.4. The summed E-state index contributed by atoms with van der Waals surface area (Å²) in [6.45, 7) is 6.22. The van der Waals surface area contributed by atoms with Gasteiger partial charge in [0, 0.05) is 36.8 Å². The monoisotopic (exact) mass is 527 g/mol. The van der Waals surface area contributed by atoms with Crippen LogP contribution in [-0.2, 0) is 4.79 Å². The van der Waals surface area contributed by atoms with Crippen molar-refractivity contribution in [2.75, 3.05) is 50.0 Å². The summed E-state index contributed by atoms with van der Waals surface area (Å²) < 4.78 is 16.7. The van der Waals surface area contributed by atoms with Crippen molar-refractivity contribution in [3.63, 3.8) is 0 Å². The van der Waals surface area contributed by atoms with Gasteiger partial charge in [0.25, 0.3) is 0 Å². The van der Waals surface area contributed by atoms with E-state index in [9.17, 15) is 4.79 Å². The van der Waals surface area contributed by atoms with Crippen molar-refractivity contribution in [2.24, 2.45) is 5.92 Å². The number of hydrogen-bond donors (Lipinski definition) is 2. The molecule has 2 aliphatic rings. The van der Waals surface area contributed by atoms with Gasteiger partial charge in [0.2, 0.25) is 5.75 Å². The van der Waals surface area contributed by atoms with Crippen LogP contribution in [0.3, 0.4) is 0 Å². The summed E-state index contributed by atoms with van der Waals surface area (Å²) in [5.74, 6) is 1.38. The third-order valence-electron chi connectivity index (χ3n) is 7.83. The van der Waals surface area contributed by atoms with Gasteiger partial charge >= 0.3 is 0 Å². The largest absolute Gasteiger partial charge is 0.493 e. The summed E-state index contributed by atoms with van der Waals surface area (Å²) in [7, 11) is 4.80. The second kappa shape index (κ2) is 11.3. The van der Waals surface area contributed by atoms with E-state index in [-0.39, 0.29) is 23.7 Å². The lowest BCUT2D eigenvalue weighted by Crippen LogP contribution is -2.34. The van der Waals surface area contributed by atoms with Gasteiger partial charge in [0.1, 0.15) is 5.78 Å². The minimum Gasteiger partial charge on any atom is -0.493 e. The third-order valence-corrected chi connectivity index (χ3v) is 7.83. The molecule has 7 nitrogen and oxygen atoms in total. The summed E-state index contributed by atoms with van der Waals surface area (Å²) in [5, 5.41) is 7.30. The van der Waals surface area contributed by atoms with Gasteiger partial charge in [0.05, 0.1) is 44.7 Å². The van der Waals surface area contributed by atoms with Crippen LogP contribution in [0.2, 0.25) is 0 Å². The Labute approximate surface area is 230 Å². The maximum atomic E-state index is 14.0. The van der Waals surface area contributed by atoms with E-state index in [2.05, 4.69) is 65.8 Å². The number of fused-ring (bicyclic) bond motifs is 2. The van der Waals surface area contributed by atoms with Crippen LogP contribution in [0.4, 0.5) is 17.1 Å². The number of anilines is 3. The number of benzene rings is 3. The Morgan fingerprint density at radius 3 is 2.08 bits per heavy atom. The van der Waals surface area contributed by atoms with E-state index in [0.717, 1.165) is 41.3 Å². The smallest absolute Gasteiger partial charge is 0.203 e. The maximum absolute atomic E-state index is 14.0.